The van der Waals surface area contributed by atoms with E-state index >= 15 is 0 Å². The van der Waals surface area contributed by atoms with Crippen LogP contribution in [-0.2, 0) is 0 Å². The summed E-state index contributed by atoms with van der Waals surface area (Å²) >= 11 is 3.05. The fraction of sp³-hybridized carbons (Fsp3) is 0.300. The molecule has 0 fully saturated rings. The van der Waals surface area contributed by atoms with Crippen LogP contribution in [0.25, 0.3) is 0 Å². The topological polar surface area (TPSA) is 104 Å². The van der Waals surface area contributed by atoms with E-state index in [0.29, 0.717) is 5.56 Å². The average molecular weight is 327 g/mol. The molecule has 1 rings (SSSR count). The summed E-state index contributed by atoms with van der Waals surface area (Å²) in [6.07, 6.45) is 0.253. The average Bonchev–Trinajstić information content (AvgIpc) is 2.21. The first-order valence-electron chi connectivity index (χ1n) is 4.59. The van der Waals surface area contributed by atoms with Crippen LogP contribution in [-0.4, -0.2) is 27.9 Å². The Labute approximate surface area is 113 Å². The summed E-state index contributed by atoms with van der Waals surface area (Å²) in [5.74, 6) is -1.19. The van der Waals surface area contributed by atoms with Gasteiger partial charge in [0, 0.05) is 18.2 Å². The lowest BCUT2D eigenvalue weighted by Crippen LogP contribution is -2.13. The molecule has 1 aromatic carbocycles. The number of nitrogens with two attached hydrogens (primary N) is 1. The fourth-order valence-corrected chi connectivity index (χ4v) is 1.80. The normalized spacial score (nSPS) is 11.7. The van der Waals surface area contributed by atoms with Crippen molar-refractivity contribution < 1.29 is 20.1 Å². The van der Waals surface area contributed by atoms with Gasteiger partial charge in [0.15, 0.2) is 0 Å². The zero-order valence-electron chi connectivity index (χ0n) is 8.76. The molecule has 0 aliphatic heterocycles. The van der Waals surface area contributed by atoms with Gasteiger partial charge in [-0.3, -0.25) is 0 Å². The smallest absolute Gasteiger partial charge is 0.335 e. The molecule has 0 radical (unpaired) electrons. The first kappa shape index (κ1) is 16.2. The number of carboxylic acids is 1. The van der Waals surface area contributed by atoms with E-state index < -0.39 is 12.0 Å². The minimum atomic E-state index is -1.10. The van der Waals surface area contributed by atoms with E-state index in [-0.39, 0.29) is 41.2 Å². The summed E-state index contributed by atoms with van der Waals surface area (Å²) in [4.78, 5) is 10.8. The number of carbonyl (C=O) groups is 1. The molecule has 96 valence electrons. The van der Waals surface area contributed by atoms with Gasteiger partial charge < -0.3 is 21.1 Å². The number of halogens is 2. The molecule has 1 aromatic rings. The maximum atomic E-state index is 10.8. The summed E-state index contributed by atoms with van der Waals surface area (Å²) in [6.45, 7) is -0.129. The highest BCUT2D eigenvalue weighted by Gasteiger charge is 2.16. The maximum absolute atomic E-state index is 10.8. The largest absolute Gasteiger partial charge is 0.506 e. The van der Waals surface area contributed by atoms with Crippen LogP contribution in [0, 0.1) is 0 Å². The molecule has 0 saturated carbocycles. The van der Waals surface area contributed by atoms with Gasteiger partial charge in [0.25, 0.3) is 0 Å². The molecule has 5 N–H and O–H groups in total. The Hall–Kier alpha value is -0.820. The minimum Gasteiger partial charge on any atom is -0.506 e. The molecule has 0 bridgehead atoms. The van der Waals surface area contributed by atoms with Crippen molar-refractivity contribution in [2.45, 2.75) is 12.5 Å². The van der Waals surface area contributed by atoms with E-state index in [4.69, 9.17) is 15.9 Å². The zero-order chi connectivity index (χ0) is 12.3. The van der Waals surface area contributed by atoms with Crippen LogP contribution in [0.1, 0.15) is 28.4 Å². The molecular formula is C10H13BrClNO4. The van der Waals surface area contributed by atoms with E-state index in [0.717, 1.165) is 0 Å². The van der Waals surface area contributed by atoms with Gasteiger partial charge in [0.05, 0.1) is 10.0 Å². The van der Waals surface area contributed by atoms with Gasteiger partial charge in [-0.05, 0) is 34.5 Å². The number of hydrogen-bond acceptors (Lipinski definition) is 4. The summed E-state index contributed by atoms with van der Waals surface area (Å²) < 4.78 is 0.274. The third-order valence-corrected chi connectivity index (χ3v) is 2.78. The Morgan fingerprint density at radius 2 is 2.06 bits per heavy atom. The van der Waals surface area contributed by atoms with Crippen molar-refractivity contribution in [3.63, 3.8) is 0 Å². The molecule has 0 spiro atoms. The lowest BCUT2D eigenvalue weighted by molar-refractivity contribution is 0.0696. The SMILES string of the molecule is Cl.N[C@@H](CCO)c1cc(C(=O)O)cc(Br)c1O. The number of aromatic hydroxyl groups is 1. The predicted octanol–water partition coefficient (Wildman–Crippen LogP) is 1.66. The Morgan fingerprint density at radius 1 is 1.47 bits per heavy atom. The Balaban J connectivity index is 0.00000256. The molecule has 0 saturated heterocycles. The van der Waals surface area contributed by atoms with Crippen LogP contribution in [0.4, 0.5) is 0 Å². The zero-order valence-corrected chi connectivity index (χ0v) is 11.2. The van der Waals surface area contributed by atoms with Crippen molar-refractivity contribution in [2.75, 3.05) is 6.61 Å². The van der Waals surface area contributed by atoms with E-state index in [9.17, 15) is 9.90 Å². The molecule has 1 atom stereocenters. The van der Waals surface area contributed by atoms with Crippen molar-refractivity contribution in [3.8, 4) is 5.75 Å². The highest BCUT2D eigenvalue weighted by Crippen LogP contribution is 2.33. The molecule has 5 nitrogen and oxygen atoms in total. The number of phenols is 1. The summed E-state index contributed by atoms with van der Waals surface area (Å²) in [5, 5.41) is 27.3. The lowest BCUT2D eigenvalue weighted by atomic mass is 10.0. The highest BCUT2D eigenvalue weighted by molar-refractivity contribution is 9.10. The van der Waals surface area contributed by atoms with Crippen LogP contribution in [0.5, 0.6) is 5.75 Å². The standard InChI is InChI=1S/C10H12BrNO4.ClH/c11-7-4-5(10(15)16)3-6(9(7)14)8(12)1-2-13;/h3-4,8,13-14H,1-2,12H2,(H,15,16);1H/t8-;/m0./s1. The van der Waals surface area contributed by atoms with Crippen LogP contribution in [0.3, 0.4) is 0 Å². The third-order valence-electron chi connectivity index (χ3n) is 2.18. The van der Waals surface area contributed by atoms with Crippen molar-refractivity contribution >= 4 is 34.3 Å². The molecule has 0 aliphatic carbocycles. The number of carboxylic acid groups (broad SMARTS) is 1. The lowest BCUT2D eigenvalue weighted by Gasteiger charge is -2.14. The van der Waals surface area contributed by atoms with Gasteiger partial charge in [-0.2, -0.15) is 0 Å². The maximum Gasteiger partial charge on any atom is 0.335 e. The Bertz CT molecular complexity index is 414. The minimum absolute atomic E-state index is 0. The summed E-state index contributed by atoms with van der Waals surface area (Å²) in [5.41, 5.74) is 6.05. The van der Waals surface area contributed by atoms with Crippen LogP contribution in [0.2, 0.25) is 0 Å². The van der Waals surface area contributed by atoms with Crippen molar-refractivity contribution in [2.24, 2.45) is 5.73 Å². The number of aliphatic hydroxyl groups excluding tert-OH is 1. The molecule has 0 aliphatic rings. The van der Waals surface area contributed by atoms with Crippen LogP contribution >= 0.6 is 28.3 Å². The quantitative estimate of drug-likeness (QED) is 0.673. The first-order valence-corrected chi connectivity index (χ1v) is 5.38. The van der Waals surface area contributed by atoms with Gasteiger partial charge in [-0.15, -0.1) is 12.4 Å². The number of aromatic carboxylic acids is 1. The molecule has 17 heavy (non-hydrogen) atoms. The molecule has 0 unspecified atom stereocenters. The van der Waals surface area contributed by atoms with Gasteiger partial charge in [0.1, 0.15) is 5.75 Å². The second-order valence-electron chi connectivity index (χ2n) is 3.32. The van der Waals surface area contributed by atoms with Gasteiger partial charge >= 0.3 is 5.97 Å². The van der Waals surface area contributed by atoms with Gasteiger partial charge in [-0.1, -0.05) is 0 Å². The highest BCUT2D eigenvalue weighted by atomic mass is 79.9. The van der Waals surface area contributed by atoms with E-state index in [1.807, 2.05) is 0 Å². The molecule has 0 aromatic heterocycles. The van der Waals surface area contributed by atoms with Crippen molar-refractivity contribution in [3.05, 3.63) is 27.7 Å². The second-order valence-corrected chi connectivity index (χ2v) is 4.17. The summed E-state index contributed by atoms with van der Waals surface area (Å²) in [7, 11) is 0. The number of phenolic OH excluding ortho intramolecular Hbond substituents is 1. The van der Waals surface area contributed by atoms with Crippen LogP contribution < -0.4 is 5.73 Å². The second kappa shape index (κ2) is 6.80. The third kappa shape index (κ3) is 3.85. The van der Waals surface area contributed by atoms with Gasteiger partial charge in [-0.25, -0.2) is 4.79 Å². The molecule has 0 heterocycles. The fourth-order valence-electron chi connectivity index (χ4n) is 1.32. The monoisotopic (exact) mass is 325 g/mol. The number of rotatable bonds is 4. The van der Waals surface area contributed by atoms with Crippen molar-refractivity contribution in [1.82, 2.24) is 0 Å². The first-order chi connectivity index (χ1) is 7.47. The molecular weight excluding hydrogens is 313 g/mol. The number of aliphatic hydroxyl groups is 1. The van der Waals surface area contributed by atoms with Crippen LogP contribution in [0.15, 0.2) is 16.6 Å². The molecule has 0 amide bonds. The Morgan fingerprint density at radius 3 is 2.53 bits per heavy atom. The van der Waals surface area contributed by atoms with E-state index in [2.05, 4.69) is 15.9 Å². The van der Waals surface area contributed by atoms with E-state index in [1.165, 1.54) is 12.1 Å². The van der Waals surface area contributed by atoms with E-state index in [1.54, 1.807) is 0 Å². The van der Waals surface area contributed by atoms with Gasteiger partial charge in [0.2, 0.25) is 0 Å². The Kier molecular flexibility index (Phi) is 6.48. The molecule has 7 heteroatoms. The number of hydrogen-bond donors (Lipinski definition) is 4. The predicted molar refractivity (Wildman–Crippen MR) is 68.6 cm³/mol. The summed E-state index contributed by atoms with van der Waals surface area (Å²) in [6, 6.07) is 2.01. The van der Waals surface area contributed by atoms with Crippen molar-refractivity contribution in [1.29, 1.82) is 0 Å². The number of benzene rings is 1.